The standard InChI is InChI=1S/C22H19BrClN7O3/c1-34-16-8-15(31(30-16)20-14(24)3-2-6-25-20)21(32)28-19-13(23)7-12-10-27-29-18(12)17(19)22(33)26-9-11-4-5-11/h2-3,6-8,10-11H,4-5,9H2,1H3,(H,26,33)(H,27,29)(H,28,32). The molecule has 34 heavy (non-hydrogen) atoms. The Hall–Kier alpha value is -3.44. The summed E-state index contributed by atoms with van der Waals surface area (Å²) in [5, 5.41) is 18.0. The Balaban J connectivity index is 1.55. The average Bonchev–Trinajstić information content (AvgIpc) is 3.37. The molecular weight excluding hydrogens is 526 g/mol. The van der Waals surface area contributed by atoms with Crippen LogP contribution in [0.1, 0.15) is 33.7 Å². The number of carbonyl (C=O) groups is 2. The van der Waals surface area contributed by atoms with Crippen LogP contribution >= 0.6 is 27.5 Å². The van der Waals surface area contributed by atoms with E-state index in [1.54, 1.807) is 30.6 Å². The fourth-order valence-corrected chi connectivity index (χ4v) is 4.29. The predicted molar refractivity (Wildman–Crippen MR) is 130 cm³/mol. The van der Waals surface area contributed by atoms with Crippen LogP contribution in [0.25, 0.3) is 16.7 Å². The quantitative estimate of drug-likeness (QED) is 0.323. The minimum absolute atomic E-state index is 0.124. The number of carbonyl (C=O) groups excluding carboxylic acids is 2. The zero-order chi connectivity index (χ0) is 23.8. The number of halogens is 2. The number of aromatic amines is 1. The molecule has 0 bridgehead atoms. The lowest BCUT2D eigenvalue weighted by Crippen LogP contribution is -2.28. The molecule has 12 heteroatoms. The molecule has 4 aromatic rings. The fourth-order valence-electron chi connectivity index (χ4n) is 3.55. The van der Waals surface area contributed by atoms with Gasteiger partial charge >= 0.3 is 0 Å². The first-order chi connectivity index (χ1) is 16.5. The Morgan fingerprint density at radius 3 is 2.88 bits per heavy atom. The number of methoxy groups -OCH3 is 1. The van der Waals surface area contributed by atoms with Crippen molar-refractivity contribution in [3.63, 3.8) is 0 Å². The lowest BCUT2D eigenvalue weighted by Gasteiger charge is -2.15. The van der Waals surface area contributed by atoms with Gasteiger partial charge in [0.2, 0.25) is 5.88 Å². The molecule has 0 unspecified atom stereocenters. The molecule has 1 fully saturated rings. The molecule has 1 aliphatic carbocycles. The van der Waals surface area contributed by atoms with Crippen LogP contribution in [0.5, 0.6) is 5.88 Å². The van der Waals surface area contributed by atoms with Gasteiger partial charge in [-0.05, 0) is 52.9 Å². The summed E-state index contributed by atoms with van der Waals surface area (Å²) in [6.07, 6.45) is 5.36. The van der Waals surface area contributed by atoms with Gasteiger partial charge in [-0.3, -0.25) is 14.7 Å². The van der Waals surface area contributed by atoms with Gasteiger partial charge in [-0.1, -0.05) is 11.6 Å². The second-order valence-electron chi connectivity index (χ2n) is 7.84. The van der Waals surface area contributed by atoms with Crippen molar-refractivity contribution in [3.8, 4) is 11.7 Å². The number of pyridine rings is 1. The third-order valence-electron chi connectivity index (χ3n) is 5.47. The first-order valence-corrected chi connectivity index (χ1v) is 11.6. The number of amides is 2. The number of H-pyrrole nitrogens is 1. The van der Waals surface area contributed by atoms with E-state index in [1.165, 1.54) is 17.9 Å². The minimum Gasteiger partial charge on any atom is -0.480 e. The van der Waals surface area contributed by atoms with Crippen LogP contribution in [0, 0.1) is 5.92 Å². The Morgan fingerprint density at radius 2 is 2.15 bits per heavy atom. The molecule has 3 heterocycles. The van der Waals surface area contributed by atoms with Crippen molar-refractivity contribution in [2.45, 2.75) is 12.8 Å². The highest BCUT2D eigenvalue weighted by atomic mass is 79.9. The maximum absolute atomic E-state index is 13.4. The Kier molecular flexibility index (Phi) is 5.96. The number of fused-ring (bicyclic) bond motifs is 1. The largest absolute Gasteiger partial charge is 0.480 e. The van der Waals surface area contributed by atoms with Crippen LogP contribution in [-0.4, -0.2) is 50.4 Å². The summed E-state index contributed by atoms with van der Waals surface area (Å²) in [4.78, 5) is 30.9. The number of aromatic nitrogens is 5. The van der Waals surface area contributed by atoms with Gasteiger partial charge in [0, 0.05) is 28.7 Å². The number of hydrogen-bond donors (Lipinski definition) is 3. The van der Waals surface area contributed by atoms with Crippen molar-refractivity contribution >= 4 is 55.9 Å². The van der Waals surface area contributed by atoms with Gasteiger partial charge in [0.25, 0.3) is 11.8 Å². The van der Waals surface area contributed by atoms with Gasteiger partial charge in [-0.25, -0.2) is 9.67 Å². The van der Waals surface area contributed by atoms with Gasteiger partial charge in [0.1, 0.15) is 5.69 Å². The number of nitrogens with one attached hydrogen (secondary N) is 3. The van der Waals surface area contributed by atoms with Crippen molar-refractivity contribution in [3.05, 3.63) is 57.4 Å². The third-order valence-corrected chi connectivity index (χ3v) is 6.39. The van der Waals surface area contributed by atoms with Gasteiger partial charge < -0.3 is 15.4 Å². The summed E-state index contributed by atoms with van der Waals surface area (Å²) in [5.74, 6) is 0.127. The molecule has 1 aromatic carbocycles. The first-order valence-electron chi connectivity index (χ1n) is 10.5. The number of nitrogens with zero attached hydrogens (tertiary/aromatic N) is 4. The normalized spacial score (nSPS) is 13.1. The van der Waals surface area contributed by atoms with E-state index in [1.807, 2.05) is 0 Å². The first kappa shape index (κ1) is 22.4. The fraction of sp³-hybridized carbons (Fsp3) is 0.227. The summed E-state index contributed by atoms with van der Waals surface area (Å²) < 4.78 is 7.05. The summed E-state index contributed by atoms with van der Waals surface area (Å²) >= 11 is 9.78. The van der Waals surface area contributed by atoms with E-state index in [4.69, 9.17) is 16.3 Å². The summed E-state index contributed by atoms with van der Waals surface area (Å²) in [7, 11) is 1.44. The van der Waals surface area contributed by atoms with E-state index in [0.717, 1.165) is 18.2 Å². The molecule has 0 aliphatic heterocycles. The van der Waals surface area contributed by atoms with Crippen LogP contribution in [0.4, 0.5) is 5.69 Å². The monoisotopic (exact) mass is 543 g/mol. The predicted octanol–water partition coefficient (Wildman–Crippen LogP) is 3.96. The molecule has 5 rings (SSSR count). The number of anilines is 1. The number of benzene rings is 1. The van der Waals surface area contributed by atoms with Crippen LogP contribution in [0.2, 0.25) is 5.02 Å². The Bertz CT molecular complexity index is 1410. The second kappa shape index (κ2) is 9.07. The molecule has 2 amide bonds. The van der Waals surface area contributed by atoms with Gasteiger partial charge in [0.05, 0.1) is 35.1 Å². The maximum atomic E-state index is 13.4. The number of rotatable bonds is 7. The van der Waals surface area contributed by atoms with E-state index >= 15 is 0 Å². The summed E-state index contributed by atoms with van der Waals surface area (Å²) in [6, 6.07) is 6.57. The topological polar surface area (TPSA) is 127 Å². The average molecular weight is 545 g/mol. The molecule has 3 aromatic heterocycles. The Labute approximate surface area is 207 Å². The van der Waals surface area contributed by atoms with Crippen molar-refractivity contribution in [1.82, 2.24) is 30.3 Å². The number of hydrogen-bond acceptors (Lipinski definition) is 6. The zero-order valence-corrected chi connectivity index (χ0v) is 20.3. The van der Waals surface area contributed by atoms with E-state index in [0.29, 0.717) is 33.2 Å². The molecule has 0 saturated heterocycles. The molecule has 3 N–H and O–H groups in total. The highest BCUT2D eigenvalue weighted by Gasteiger charge is 2.27. The van der Waals surface area contributed by atoms with Crippen LogP contribution in [-0.2, 0) is 0 Å². The molecule has 1 saturated carbocycles. The van der Waals surface area contributed by atoms with Crippen LogP contribution < -0.4 is 15.4 Å². The molecule has 1 aliphatic rings. The number of ether oxygens (including phenoxy) is 1. The lowest BCUT2D eigenvalue weighted by molar-refractivity contribution is 0.0954. The SMILES string of the molecule is COc1cc(C(=O)Nc2c(Br)cc3cn[nH]c3c2C(=O)NCC2CC2)n(-c2ncccc2Cl)n1. The van der Waals surface area contributed by atoms with Crippen molar-refractivity contribution in [2.24, 2.45) is 5.92 Å². The van der Waals surface area contributed by atoms with Crippen LogP contribution in [0.15, 0.2) is 41.1 Å². The highest BCUT2D eigenvalue weighted by Crippen LogP contribution is 2.34. The molecule has 174 valence electrons. The second-order valence-corrected chi connectivity index (χ2v) is 9.10. The zero-order valence-electron chi connectivity index (χ0n) is 17.9. The molecular formula is C22H19BrClN7O3. The lowest BCUT2D eigenvalue weighted by atomic mass is 10.1. The summed E-state index contributed by atoms with van der Waals surface area (Å²) in [5.41, 5.74) is 1.22. The van der Waals surface area contributed by atoms with Gasteiger partial charge in [-0.2, -0.15) is 5.10 Å². The summed E-state index contributed by atoms with van der Waals surface area (Å²) in [6.45, 7) is 0.580. The smallest absolute Gasteiger partial charge is 0.274 e. The minimum atomic E-state index is -0.534. The third kappa shape index (κ3) is 4.24. The molecule has 0 radical (unpaired) electrons. The van der Waals surface area contributed by atoms with E-state index in [9.17, 15) is 9.59 Å². The highest BCUT2D eigenvalue weighted by molar-refractivity contribution is 9.10. The molecule has 0 atom stereocenters. The van der Waals surface area contributed by atoms with E-state index in [-0.39, 0.29) is 28.9 Å². The van der Waals surface area contributed by atoms with Gasteiger partial charge in [0.15, 0.2) is 5.82 Å². The van der Waals surface area contributed by atoms with Crippen molar-refractivity contribution < 1.29 is 14.3 Å². The maximum Gasteiger partial charge on any atom is 0.274 e. The van der Waals surface area contributed by atoms with E-state index < -0.39 is 5.91 Å². The van der Waals surface area contributed by atoms with Crippen LogP contribution in [0.3, 0.4) is 0 Å². The van der Waals surface area contributed by atoms with Crippen molar-refractivity contribution in [2.75, 3.05) is 19.0 Å². The van der Waals surface area contributed by atoms with Gasteiger partial charge in [-0.15, -0.1) is 5.10 Å². The molecule has 0 spiro atoms. The Morgan fingerprint density at radius 1 is 1.32 bits per heavy atom. The molecule has 10 nitrogen and oxygen atoms in total. The van der Waals surface area contributed by atoms with Crippen molar-refractivity contribution in [1.29, 1.82) is 0 Å². The van der Waals surface area contributed by atoms with E-state index in [2.05, 4.69) is 46.8 Å².